The van der Waals surface area contributed by atoms with Gasteiger partial charge in [0.05, 0.1) is 18.2 Å². The Labute approximate surface area is 92.6 Å². The van der Waals surface area contributed by atoms with Crippen LogP contribution in [0.15, 0.2) is 12.1 Å². The lowest BCUT2D eigenvalue weighted by Gasteiger charge is -2.16. The van der Waals surface area contributed by atoms with Gasteiger partial charge in [0.2, 0.25) is 0 Å². The molecule has 5 heteroatoms. The number of aliphatic hydroxyl groups is 1. The van der Waals surface area contributed by atoms with Gasteiger partial charge in [-0.05, 0) is 24.6 Å². The quantitative estimate of drug-likeness (QED) is 0.838. The van der Waals surface area contributed by atoms with Gasteiger partial charge < -0.3 is 15.6 Å². The second kappa shape index (κ2) is 4.79. The van der Waals surface area contributed by atoms with E-state index in [0.717, 1.165) is 0 Å². The molecule has 3 nitrogen and oxygen atoms in total. The van der Waals surface area contributed by atoms with Crippen LogP contribution in [0, 0.1) is 5.82 Å². The number of hydrogen-bond acceptors (Lipinski definition) is 3. The molecule has 84 valence electrons. The molecule has 0 aliphatic carbocycles. The van der Waals surface area contributed by atoms with Gasteiger partial charge in [-0.1, -0.05) is 11.6 Å². The first kappa shape index (κ1) is 12.2. The normalized spacial score (nSPS) is 14.8. The van der Waals surface area contributed by atoms with Gasteiger partial charge >= 0.3 is 0 Å². The fraction of sp³-hybridized carbons (Fsp3) is 0.400. The third-order valence-corrected chi connectivity index (χ3v) is 2.35. The number of methoxy groups -OCH3 is 1. The Morgan fingerprint density at radius 3 is 2.60 bits per heavy atom. The van der Waals surface area contributed by atoms with Gasteiger partial charge in [0, 0.05) is 6.04 Å². The van der Waals surface area contributed by atoms with Gasteiger partial charge in [-0.2, -0.15) is 0 Å². The van der Waals surface area contributed by atoms with E-state index in [4.69, 9.17) is 22.1 Å². The predicted octanol–water partition coefficient (Wildman–Crippen LogP) is 1.87. The smallest absolute Gasteiger partial charge is 0.183 e. The Bertz CT molecular complexity index is 358. The maximum atomic E-state index is 13.3. The van der Waals surface area contributed by atoms with Crippen LogP contribution in [0.4, 0.5) is 4.39 Å². The Balaban J connectivity index is 3.16. The maximum absolute atomic E-state index is 13.3. The highest BCUT2D eigenvalue weighted by molar-refractivity contribution is 6.31. The number of halogens is 2. The molecule has 1 aromatic rings. The number of aliphatic hydroxyl groups excluding tert-OH is 1. The van der Waals surface area contributed by atoms with Crippen molar-refractivity contribution in [1.29, 1.82) is 0 Å². The van der Waals surface area contributed by atoms with Gasteiger partial charge in [-0.15, -0.1) is 0 Å². The van der Waals surface area contributed by atoms with Crippen LogP contribution in [0.25, 0.3) is 0 Å². The molecule has 0 aliphatic heterocycles. The molecule has 1 aromatic carbocycles. The Morgan fingerprint density at radius 1 is 1.53 bits per heavy atom. The van der Waals surface area contributed by atoms with Crippen molar-refractivity contribution in [2.75, 3.05) is 7.11 Å². The molecule has 0 radical (unpaired) electrons. The van der Waals surface area contributed by atoms with E-state index in [9.17, 15) is 9.50 Å². The van der Waals surface area contributed by atoms with Crippen molar-refractivity contribution in [3.05, 3.63) is 28.5 Å². The Morgan fingerprint density at radius 2 is 2.13 bits per heavy atom. The summed E-state index contributed by atoms with van der Waals surface area (Å²) in [6, 6.07) is 2.26. The standard InChI is InChI=1S/C10H13ClFNO2/c1-5(13)10(14)6-3-7(11)9(12)8(4-6)15-2/h3-5,10,14H,13H2,1-2H3. The SMILES string of the molecule is COc1cc(C(O)C(C)N)cc(Cl)c1F. The molecule has 0 aromatic heterocycles. The van der Waals surface area contributed by atoms with Gasteiger partial charge in [0.15, 0.2) is 11.6 Å². The average molecular weight is 234 g/mol. The molecular weight excluding hydrogens is 221 g/mol. The highest BCUT2D eigenvalue weighted by atomic mass is 35.5. The highest BCUT2D eigenvalue weighted by Crippen LogP contribution is 2.30. The van der Waals surface area contributed by atoms with Crippen molar-refractivity contribution in [2.45, 2.75) is 19.1 Å². The van der Waals surface area contributed by atoms with Crippen LogP contribution in [-0.4, -0.2) is 18.3 Å². The molecule has 1 rings (SSSR count). The average Bonchev–Trinajstić information content (AvgIpc) is 2.20. The van der Waals surface area contributed by atoms with Crippen molar-refractivity contribution in [2.24, 2.45) is 5.73 Å². The molecule has 0 fully saturated rings. The summed E-state index contributed by atoms with van der Waals surface area (Å²) in [4.78, 5) is 0. The van der Waals surface area contributed by atoms with Crippen LogP contribution in [-0.2, 0) is 0 Å². The minimum Gasteiger partial charge on any atom is -0.494 e. The van der Waals surface area contributed by atoms with Crippen LogP contribution in [0.1, 0.15) is 18.6 Å². The van der Waals surface area contributed by atoms with E-state index >= 15 is 0 Å². The summed E-state index contributed by atoms with van der Waals surface area (Å²) < 4.78 is 18.1. The largest absolute Gasteiger partial charge is 0.494 e. The molecule has 3 N–H and O–H groups in total. The number of nitrogens with two attached hydrogens (primary N) is 1. The van der Waals surface area contributed by atoms with Crippen LogP contribution in [0.5, 0.6) is 5.75 Å². The fourth-order valence-corrected chi connectivity index (χ4v) is 1.43. The van der Waals surface area contributed by atoms with E-state index in [2.05, 4.69) is 0 Å². The van der Waals surface area contributed by atoms with E-state index in [0.29, 0.717) is 5.56 Å². The summed E-state index contributed by atoms with van der Waals surface area (Å²) in [5.41, 5.74) is 5.96. The fourth-order valence-electron chi connectivity index (χ4n) is 1.21. The van der Waals surface area contributed by atoms with E-state index in [-0.39, 0.29) is 10.8 Å². The first-order valence-corrected chi connectivity index (χ1v) is 4.81. The summed E-state index contributed by atoms with van der Waals surface area (Å²) in [6.07, 6.45) is -0.892. The van der Waals surface area contributed by atoms with E-state index < -0.39 is 18.0 Å². The number of ether oxygens (including phenoxy) is 1. The minimum absolute atomic E-state index is 0.00259. The molecule has 0 bridgehead atoms. The third-order valence-electron chi connectivity index (χ3n) is 2.08. The summed E-state index contributed by atoms with van der Waals surface area (Å²) in [5, 5.41) is 9.58. The van der Waals surface area contributed by atoms with E-state index in [1.807, 2.05) is 0 Å². The first-order valence-electron chi connectivity index (χ1n) is 4.44. The number of rotatable bonds is 3. The second-order valence-electron chi connectivity index (χ2n) is 3.32. The Kier molecular flexibility index (Phi) is 3.90. The summed E-state index contributed by atoms with van der Waals surface area (Å²) in [5.74, 6) is -0.642. The van der Waals surface area contributed by atoms with Crippen LogP contribution >= 0.6 is 11.6 Å². The van der Waals surface area contributed by atoms with E-state index in [1.165, 1.54) is 19.2 Å². The molecule has 0 aliphatic rings. The molecule has 2 unspecified atom stereocenters. The predicted molar refractivity (Wildman–Crippen MR) is 56.6 cm³/mol. The molecular formula is C10H13ClFNO2. The minimum atomic E-state index is -0.892. The van der Waals surface area contributed by atoms with Gasteiger partial charge in [-0.3, -0.25) is 0 Å². The molecule has 0 spiro atoms. The second-order valence-corrected chi connectivity index (χ2v) is 3.73. The molecule has 15 heavy (non-hydrogen) atoms. The van der Waals surface area contributed by atoms with Crippen molar-refractivity contribution in [3.8, 4) is 5.75 Å². The lowest BCUT2D eigenvalue weighted by Crippen LogP contribution is -2.24. The molecule has 0 heterocycles. The van der Waals surface area contributed by atoms with E-state index in [1.54, 1.807) is 6.92 Å². The van der Waals surface area contributed by atoms with Crippen molar-refractivity contribution < 1.29 is 14.2 Å². The number of benzene rings is 1. The monoisotopic (exact) mass is 233 g/mol. The summed E-state index contributed by atoms with van der Waals surface area (Å²) in [7, 11) is 1.33. The molecule has 2 atom stereocenters. The van der Waals surface area contributed by atoms with Gasteiger partial charge in [0.25, 0.3) is 0 Å². The molecule has 0 saturated carbocycles. The Hall–Kier alpha value is -0.840. The van der Waals surface area contributed by atoms with Gasteiger partial charge in [-0.25, -0.2) is 4.39 Å². The first-order chi connectivity index (χ1) is 6.97. The molecule has 0 saturated heterocycles. The van der Waals surface area contributed by atoms with Crippen LogP contribution in [0.3, 0.4) is 0 Å². The topological polar surface area (TPSA) is 55.5 Å². The number of hydrogen-bond donors (Lipinski definition) is 2. The van der Waals surface area contributed by atoms with Crippen molar-refractivity contribution in [3.63, 3.8) is 0 Å². The zero-order valence-electron chi connectivity index (χ0n) is 8.50. The van der Waals surface area contributed by atoms with Crippen molar-refractivity contribution in [1.82, 2.24) is 0 Å². The zero-order valence-corrected chi connectivity index (χ0v) is 9.25. The molecule has 0 amide bonds. The van der Waals surface area contributed by atoms with Crippen LogP contribution in [0.2, 0.25) is 5.02 Å². The summed E-state index contributed by atoms with van der Waals surface area (Å²) >= 11 is 5.64. The maximum Gasteiger partial charge on any atom is 0.183 e. The third kappa shape index (κ3) is 2.59. The lowest BCUT2D eigenvalue weighted by molar-refractivity contribution is 0.153. The highest BCUT2D eigenvalue weighted by Gasteiger charge is 2.17. The van der Waals surface area contributed by atoms with Crippen LogP contribution < -0.4 is 10.5 Å². The zero-order chi connectivity index (χ0) is 11.6. The van der Waals surface area contributed by atoms with Gasteiger partial charge in [0.1, 0.15) is 0 Å². The van der Waals surface area contributed by atoms with Crippen molar-refractivity contribution >= 4 is 11.6 Å². The lowest BCUT2D eigenvalue weighted by atomic mass is 10.0. The summed E-state index contributed by atoms with van der Waals surface area (Å²) in [6.45, 7) is 1.65.